The first-order valence-corrected chi connectivity index (χ1v) is 9.96. The number of fused-ring (bicyclic) bond motifs is 1. The molecule has 2 aliphatic rings. The predicted octanol–water partition coefficient (Wildman–Crippen LogP) is 0.0829. The average molecular weight is 328 g/mol. The number of phosphoric ester groups is 1. The fraction of sp³-hybridized carbons (Fsp3) is 1.00. The lowest BCUT2D eigenvalue weighted by Crippen LogP contribution is -2.32. The highest BCUT2D eigenvalue weighted by atomic mass is 32.5. The van der Waals surface area contributed by atoms with E-state index in [9.17, 15) is 9.46 Å². The van der Waals surface area contributed by atoms with E-state index in [-0.39, 0.29) is 5.66 Å². The second-order valence-electron chi connectivity index (χ2n) is 4.93. The minimum absolute atomic E-state index is 0.242. The fourth-order valence-electron chi connectivity index (χ4n) is 2.01. The van der Waals surface area contributed by atoms with Crippen LogP contribution < -0.4 is 0 Å². The van der Waals surface area contributed by atoms with E-state index in [2.05, 4.69) is 4.52 Å². The molecule has 2 radical (unpaired) electrons. The van der Waals surface area contributed by atoms with Crippen LogP contribution in [0.5, 0.6) is 0 Å². The van der Waals surface area contributed by atoms with E-state index < -0.39 is 44.5 Å². The van der Waals surface area contributed by atoms with E-state index >= 15 is 0 Å². The maximum atomic E-state index is 10.8. The lowest BCUT2D eigenvalue weighted by Gasteiger charge is -2.28. The van der Waals surface area contributed by atoms with Crippen LogP contribution >= 0.6 is 14.3 Å². The molecule has 3 unspecified atom stereocenters. The van der Waals surface area contributed by atoms with Gasteiger partial charge in [-0.2, -0.15) is 0 Å². The second kappa shape index (κ2) is 5.16. The van der Waals surface area contributed by atoms with Gasteiger partial charge in [0.25, 0.3) is 0 Å². The van der Waals surface area contributed by atoms with Crippen LogP contribution in [-0.2, 0) is 30.2 Å². The average Bonchev–Trinajstić information content (AvgIpc) is 2.72. The normalized spacial score (nSPS) is 41.1. The Morgan fingerprint density at radius 1 is 1.26 bits per heavy atom. The van der Waals surface area contributed by atoms with Gasteiger partial charge in [-0.05, 0) is 11.8 Å². The minimum Gasteiger partial charge on any atom is -0.379 e. The third kappa shape index (κ3) is 3.48. The quantitative estimate of drug-likeness (QED) is 0.481. The number of rotatable bonds is 5. The second-order valence-corrected chi connectivity index (χ2v) is 10.1. The van der Waals surface area contributed by atoms with E-state index in [4.69, 9.17) is 38.7 Å². The van der Waals surface area contributed by atoms with E-state index in [1.807, 2.05) is 0 Å². The van der Waals surface area contributed by atoms with Crippen molar-refractivity contribution in [1.82, 2.24) is 0 Å². The highest BCUT2D eigenvalue weighted by Gasteiger charge is 2.66. The van der Waals surface area contributed by atoms with E-state index in [0.717, 1.165) is 0 Å². The topological polar surface area (TPSA) is 105 Å². The first-order chi connectivity index (χ1) is 8.53. The van der Waals surface area contributed by atoms with Gasteiger partial charge in [-0.3, -0.25) is 4.52 Å². The summed E-state index contributed by atoms with van der Waals surface area (Å²) < 4.78 is 26.1. The summed E-state index contributed by atoms with van der Waals surface area (Å²) in [4.78, 5) is 27.5. The van der Waals surface area contributed by atoms with Crippen molar-refractivity contribution in [3.8, 4) is 0 Å². The Hall–Kier alpha value is 0.705. The van der Waals surface area contributed by atoms with Crippen LogP contribution in [0.25, 0.3) is 0 Å². The summed E-state index contributed by atoms with van der Waals surface area (Å²) in [7, 11) is 1.11. The zero-order valence-electron chi connectivity index (χ0n) is 10.3. The number of hydrogen-bond donors (Lipinski definition) is 3. The van der Waals surface area contributed by atoms with Crippen molar-refractivity contribution in [2.75, 3.05) is 0 Å². The summed E-state index contributed by atoms with van der Waals surface area (Å²) >= 11 is 5.02. The molecule has 0 aromatic carbocycles. The van der Waals surface area contributed by atoms with Crippen molar-refractivity contribution < 1.29 is 33.0 Å². The molecule has 1 heterocycles. The molecule has 1 aliphatic heterocycles. The van der Waals surface area contributed by atoms with Gasteiger partial charge in [0.15, 0.2) is 6.49 Å². The van der Waals surface area contributed by atoms with Crippen LogP contribution in [0.15, 0.2) is 0 Å². The third-order valence-corrected chi connectivity index (χ3v) is 7.04. The molecular weight excluding hydrogens is 313 g/mol. The van der Waals surface area contributed by atoms with E-state index in [0.29, 0.717) is 0 Å². The van der Waals surface area contributed by atoms with E-state index in [1.165, 1.54) is 0 Å². The number of phosphoric acid groups is 1. The van der Waals surface area contributed by atoms with Crippen molar-refractivity contribution in [3.05, 3.63) is 0 Å². The molecule has 19 heavy (non-hydrogen) atoms. The van der Waals surface area contributed by atoms with Gasteiger partial charge >= 0.3 is 7.82 Å². The van der Waals surface area contributed by atoms with Gasteiger partial charge in [-0.1, -0.05) is 13.8 Å². The van der Waals surface area contributed by atoms with Gasteiger partial charge in [-0.25, -0.2) is 4.57 Å². The lowest BCUT2D eigenvalue weighted by atomic mass is 9.93. The monoisotopic (exact) mass is 328 g/mol. The van der Waals surface area contributed by atoms with Crippen LogP contribution in [0.3, 0.4) is 0 Å². The minimum atomic E-state index is -4.59. The van der Waals surface area contributed by atoms with Gasteiger partial charge in [-0.15, -0.1) is 0 Å². The molecule has 2 rings (SSSR count). The Labute approximate surface area is 117 Å². The zero-order valence-corrected chi connectivity index (χ0v) is 12.9. The van der Waals surface area contributed by atoms with Crippen LogP contribution in [0.4, 0.5) is 0 Å². The molecule has 6 atom stereocenters. The maximum absolute atomic E-state index is 10.8. The van der Waals surface area contributed by atoms with Crippen molar-refractivity contribution in [3.63, 3.8) is 0 Å². The molecule has 0 aromatic rings. The van der Waals surface area contributed by atoms with Crippen LogP contribution in [0.1, 0.15) is 13.8 Å². The predicted molar refractivity (Wildman–Crippen MR) is 71.3 cm³/mol. The molecule has 11 heteroatoms. The Bertz CT molecular complexity index is 454. The molecule has 0 spiro atoms. The number of hydrogen-bond acceptors (Lipinski definition) is 5. The molecule has 2 fully saturated rings. The number of ether oxygens (including phenoxy) is 1. The Morgan fingerprint density at radius 3 is 2.32 bits per heavy atom. The summed E-state index contributed by atoms with van der Waals surface area (Å²) in [6.07, 6.45) is -2.00. The SMILES string of the molecule is [B][C@@H]1O[C@@H]2C(OP(=O)(O)O)C2[C@H]1OP(O)(=S)C(C)C. The van der Waals surface area contributed by atoms with Gasteiger partial charge in [0, 0.05) is 17.6 Å². The molecular formula is C8H15BO7P2S. The molecule has 0 aromatic heterocycles. The summed E-state index contributed by atoms with van der Waals surface area (Å²) in [5, 5.41) is 0. The molecule has 7 nitrogen and oxygen atoms in total. The summed E-state index contributed by atoms with van der Waals surface area (Å²) in [6.45, 7) is 0.449. The smallest absolute Gasteiger partial charge is 0.379 e. The van der Waals surface area contributed by atoms with Crippen molar-refractivity contribution in [2.24, 2.45) is 5.92 Å². The zero-order chi connectivity index (χ0) is 14.6. The lowest BCUT2D eigenvalue weighted by molar-refractivity contribution is 0.0211. The molecule has 0 amide bonds. The van der Waals surface area contributed by atoms with Crippen molar-refractivity contribution in [1.29, 1.82) is 0 Å². The van der Waals surface area contributed by atoms with Gasteiger partial charge in [0.2, 0.25) is 0 Å². The summed E-state index contributed by atoms with van der Waals surface area (Å²) in [5.41, 5.74) is -0.242. The van der Waals surface area contributed by atoms with Crippen LogP contribution in [0.2, 0.25) is 0 Å². The third-order valence-electron chi connectivity index (χ3n) is 3.14. The van der Waals surface area contributed by atoms with Crippen LogP contribution in [0, 0.1) is 5.92 Å². The summed E-state index contributed by atoms with van der Waals surface area (Å²) in [6, 6.07) is -0.778. The molecule has 1 saturated heterocycles. The molecule has 0 bridgehead atoms. The van der Waals surface area contributed by atoms with Gasteiger partial charge in [0.05, 0.1) is 12.2 Å². The first kappa shape index (κ1) is 16.1. The Morgan fingerprint density at radius 2 is 1.84 bits per heavy atom. The standard InChI is InChI=1S/C8H15BO7P2S/c1-3(2)17(10,19)15-7-4-5(14-8(7)9)6(4)16-18(11,12)13/h3-8H,1-2H3,(H,10,19)(H2,11,12,13)/t4?,5-,6?,7+,8+,17?/m0/s1. The molecule has 1 aliphatic carbocycles. The van der Waals surface area contributed by atoms with Gasteiger partial charge in [0.1, 0.15) is 14.0 Å². The highest BCUT2D eigenvalue weighted by Crippen LogP contribution is 2.59. The molecule has 1 saturated carbocycles. The molecule has 108 valence electrons. The molecule has 3 N–H and O–H groups in total. The Kier molecular flexibility index (Phi) is 4.37. The first-order valence-electron chi connectivity index (χ1n) is 5.69. The summed E-state index contributed by atoms with van der Waals surface area (Å²) in [5.74, 6) is -0.407. The van der Waals surface area contributed by atoms with Gasteiger partial charge < -0.3 is 23.9 Å². The maximum Gasteiger partial charge on any atom is 0.469 e. The largest absolute Gasteiger partial charge is 0.469 e. The Balaban J connectivity index is 2.02. The van der Waals surface area contributed by atoms with Crippen LogP contribution in [-0.4, -0.2) is 52.5 Å². The van der Waals surface area contributed by atoms with E-state index in [1.54, 1.807) is 13.8 Å². The fourth-order valence-corrected chi connectivity index (χ4v) is 3.74. The van der Waals surface area contributed by atoms with Crippen molar-refractivity contribution >= 4 is 34.0 Å². The van der Waals surface area contributed by atoms with Crippen molar-refractivity contribution in [2.45, 2.75) is 43.8 Å². The highest BCUT2D eigenvalue weighted by molar-refractivity contribution is 8.09.